The standard InChI is InChI=1S/C25H17Cl2NO5S/c1-32-19-10-5-16(6-11-19)24(30)33-20-8-2-15(3-9-20)12-22-23(29)28(25(31)34-22)14-17-4-7-18(26)13-21(17)27/h2-13H,14H2,1H3/b22-12+. The fourth-order valence-electron chi connectivity index (χ4n) is 3.13. The minimum absolute atomic E-state index is 0.0538. The SMILES string of the molecule is COc1ccc(C(=O)Oc2ccc(/C=C3/SC(=O)N(Cc4ccc(Cl)cc4Cl)C3=O)cc2)cc1. The lowest BCUT2D eigenvalue weighted by Gasteiger charge is -2.13. The number of esters is 1. The molecule has 9 heteroatoms. The number of imide groups is 1. The summed E-state index contributed by atoms with van der Waals surface area (Å²) in [6, 6.07) is 18.1. The summed E-state index contributed by atoms with van der Waals surface area (Å²) in [7, 11) is 1.55. The summed E-state index contributed by atoms with van der Waals surface area (Å²) in [5, 5.41) is 0.475. The predicted molar refractivity (Wildman–Crippen MR) is 132 cm³/mol. The van der Waals surface area contributed by atoms with Crippen LogP contribution in [-0.4, -0.2) is 29.1 Å². The van der Waals surface area contributed by atoms with Gasteiger partial charge in [-0.15, -0.1) is 0 Å². The van der Waals surface area contributed by atoms with Gasteiger partial charge in [-0.2, -0.15) is 0 Å². The van der Waals surface area contributed by atoms with Crippen molar-refractivity contribution in [2.45, 2.75) is 6.54 Å². The van der Waals surface area contributed by atoms with Crippen LogP contribution in [-0.2, 0) is 11.3 Å². The molecule has 1 heterocycles. The molecule has 0 unspecified atom stereocenters. The molecule has 1 aliphatic heterocycles. The average Bonchev–Trinajstić information content (AvgIpc) is 3.09. The van der Waals surface area contributed by atoms with E-state index in [2.05, 4.69) is 0 Å². The summed E-state index contributed by atoms with van der Waals surface area (Å²) in [5.41, 5.74) is 1.69. The Morgan fingerprint density at radius 2 is 1.65 bits per heavy atom. The highest BCUT2D eigenvalue weighted by molar-refractivity contribution is 8.18. The van der Waals surface area contributed by atoms with Crippen molar-refractivity contribution in [2.75, 3.05) is 7.11 Å². The lowest BCUT2D eigenvalue weighted by atomic mass is 10.2. The maximum Gasteiger partial charge on any atom is 0.343 e. The second-order valence-electron chi connectivity index (χ2n) is 7.19. The van der Waals surface area contributed by atoms with Crippen molar-refractivity contribution in [2.24, 2.45) is 0 Å². The highest BCUT2D eigenvalue weighted by atomic mass is 35.5. The lowest BCUT2D eigenvalue weighted by molar-refractivity contribution is -0.123. The monoisotopic (exact) mass is 513 g/mol. The van der Waals surface area contributed by atoms with Crippen LogP contribution in [0.25, 0.3) is 6.08 Å². The number of halogens is 2. The van der Waals surface area contributed by atoms with Crippen LogP contribution in [0.3, 0.4) is 0 Å². The zero-order valence-electron chi connectivity index (χ0n) is 17.8. The van der Waals surface area contributed by atoms with Crippen molar-refractivity contribution < 1.29 is 23.9 Å². The summed E-state index contributed by atoms with van der Waals surface area (Å²) in [6.07, 6.45) is 1.61. The first-order valence-corrected chi connectivity index (χ1v) is 11.6. The Morgan fingerprint density at radius 1 is 0.971 bits per heavy atom. The molecule has 0 aromatic heterocycles. The highest BCUT2D eigenvalue weighted by Crippen LogP contribution is 2.34. The van der Waals surface area contributed by atoms with E-state index in [4.69, 9.17) is 32.7 Å². The lowest BCUT2D eigenvalue weighted by Crippen LogP contribution is -2.27. The van der Waals surface area contributed by atoms with Crippen LogP contribution in [0.15, 0.2) is 71.6 Å². The topological polar surface area (TPSA) is 72.9 Å². The molecule has 34 heavy (non-hydrogen) atoms. The van der Waals surface area contributed by atoms with Crippen LogP contribution in [0.5, 0.6) is 11.5 Å². The molecule has 0 spiro atoms. The van der Waals surface area contributed by atoms with Gasteiger partial charge in [-0.05, 0) is 77.5 Å². The van der Waals surface area contributed by atoms with Gasteiger partial charge in [0.1, 0.15) is 11.5 Å². The number of rotatable bonds is 6. The van der Waals surface area contributed by atoms with Gasteiger partial charge in [0.2, 0.25) is 0 Å². The van der Waals surface area contributed by atoms with E-state index in [1.165, 1.54) is 0 Å². The maximum absolute atomic E-state index is 12.8. The van der Waals surface area contributed by atoms with Crippen molar-refractivity contribution in [1.82, 2.24) is 4.90 Å². The number of amides is 2. The number of carbonyl (C=O) groups is 3. The second-order valence-corrected chi connectivity index (χ2v) is 9.03. The Bertz CT molecular complexity index is 1290. The zero-order chi connectivity index (χ0) is 24.2. The molecule has 0 radical (unpaired) electrons. The van der Waals surface area contributed by atoms with Gasteiger partial charge in [0, 0.05) is 10.0 Å². The fraction of sp³-hybridized carbons (Fsp3) is 0.0800. The van der Waals surface area contributed by atoms with E-state index in [1.807, 2.05) is 0 Å². The number of thioether (sulfide) groups is 1. The smallest absolute Gasteiger partial charge is 0.343 e. The largest absolute Gasteiger partial charge is 0.497 e. The summed E-state index contributed by atoms with van der Waals surface area (Å²) in [6.45, 7) is 0.0538. The Hall–Kier alpha value is -3.26. The minimum Gasteiger partial charge on any atom is -0.497 e. The molecular weight excluding hydrogens is 497 g/mol. The molecule has 0 bridgehead atoms. The maximum atomic E-state index is 12.8. The number of nitrogens with zero attached hydrogens (tertiary/aromatic N) is 1. The summed E-state index contributed by atoms with van der Waals surface area (Å²) in [5.74, 6) is 0.0819. The fourth-order valence-corrected chi connectivity index (χ4v) is 4.44. The number of hydrogen-bond acceptors (Lipinski definition) is 6. The minimum atomic E-state index is -0.502. The summed E-state index contributed by atoms with van der Waals surface area (Å²) in [4.78, 5) is 38.9. The zero-order valence-corrected chi connectivity index (χ0v) is 20.1. The van der Waals surface area contributed by atoms with Gasteiger partial charge in [0.15, 0.2) is 0 Å². The molecule has 0 saturated carbocycles. The van der Waals surface area contributed by atoms with E-state index in [0.29, 0.717) is 38.2 Å². The van der Waals surface area contributed by atoms with E-state index < -0.39 is 11.9 Å². The van der Waals surface area contributed by atoms with E-state index in [9.17, 15) is 14.4 Å². The van der Waals surface area contributed by atoms with E-state index in [0.717, 1.165) is 16.7 Å². The number of hydrogen-bond donors (Lipinski definition) is 0. The Balaban J connectivity index is 1.43. The van der Waals surface area contributed by atoms with E-state index >= 15 is 0 Å². The average molecular weight is 514 g/mol. The van der Waals surface area contributed by atoms with Crippen LogP contribution in [0.4, 0.5) is 4.79 Å². The van der Waals surface area contributed by atoms with Crippen molar-refractivity contribution >= 4 is 58.2 Å². The van der Waals surface area contributed by atoms with Crippen molar-refractivity contribution in [3.05, 3.63) is 98.4 Å². The molecule has 3 aromatic carbocycles. The number of methoxy groups -OCH3 is 1. The van der Waals surface area contributed by atoms with Gasteiger partial charge >= 0.3 is 5.97 Å². The van der Waals surface area contributed by atoms with Gasteiger partial charge < -0.3 is 9.47 Å². The second kappa shape index (κ2) is 10.3. The Kier molecular flexibility index (Phi) is 7.26. The molecule has 172 valence electrons. The molecule has 0 aliphatic carbocycles. The first kappa shape index (κ1) is 23.9. The van der Waals surface area contributed by atoms with E-state index in [-0.39, 0.29) is 16.7 Å². The summed E-state index contributed by atoms with van der Waals surface area (Å²) < 4.78 is 10.5. The predicted octanol–water partition coefficient (Wildman–Crippen LogP) is 6.46. The van der Waals surface area contributed by atoms with Gasteiger partial charge in [-0.25, -0.2) is 4.79 Å². The van der Waals surface area contributed by atoms with Gasteiger partial charge in [-0.3, -0.25) is 14.5 Å². The van der Waals surface area contributed by atoms with Gasteiger partial charge in [0.05, 0.1) is 24.1 Å². The van der Waals surface area contributed by atoms with Crippen LogP contribution >= 0.6 is 35.0 Å². The Labute approximate surface area is 210 Å². The van der Waals surface area contributed by atoms with Crippen molar-refractivity contribution in [3.63, 3.8) is 0 Å². The highest BCUT2D eigenvalue weighted by Gasteiger charge is 2.35. The number of benzene rings is 3. The molecule has 6 nitrogen and oxygen atoms in total. The molecule has 1 aliphatic rings. The Morgan fingerprint density at radius 3 is 2.29 bits per heavy atom. The van der Waals surface area contributed by atoms with E-state index in [1.54, 1.807) is 79.9 Å². The molecule has 3 aromatic rings. The molecular formula is C25H17Cl2NO5S. The molecule has 1 fully saturated rings. The van der Waals surface area contributed by atoms with Gasteiger partial charge in [-0.1, -0.05) is 41.4 Å². The normalized spacial score (nSPS) is 14.6. The van der Waals surface area contributed by atoms with Crippen LogP contribution < -0.4 is 9.47 Å². The van der Waals surface area contributed by atoms with Gasteiger partial charge in [0.25, 0.3) is 11.1 Å². The third kappa shape index (κ3) is 5.44. The van der Waals surface area contributed by atoms with Crippen molar-refractivity contribution in [3.8, 4) is 11.5 Å². The molecule has 2 amide bonds. The number of carbonyl (C=O) groups excluding carboxylic acids is 3. The number of ether oxygens (including phenoxy) is 2. The van der Waals surface area contributed by atoms with Crippen LogP contribution in [0, 0.1) is 0 Å². The molecule has 0 N–H and O–H groups in total. The quantitative estimate of drug-likeness (QED) is 0.214. The molecule has 0 atom stereocenters. The molecule has 1 saturated heterocycles. The van der Waals surface area contributed by atoms with Crippen LogP contribution in [0.2, 0.25) is 10.0 Å². The van der Waals surface area contributed by atoms with Crippen LogP contribution in [0.1, 0.15) is 21.5 Å². The molecule has 4 rings (SSSR count). The third-order valence-corrected chi connectivity index (χ3v) is 6.43. The summed E-state index contributed by atoms with van der Waals surface area (Å²) >= 11 is 12.9. The first-order chi connectivity index (χ1) is 16.3. The first-order valence-electron chi connectivity index (χ1n) is 9.99. The van der Waals surface area contributed by atoms with Crippen molar-refractivity contribution in [1.29, 1.82) is 0 Å². The third-order valence-electron chi connectivity index (χ3n) is 4.93.